The molecule has 1 spiro atoms. The van der Waals surface area contributed by atoms with Crippen LogP contribution < -0.4 is 5.32 Å². The van der Waals surface area contributed by atoms with Crippen LogP contribution in [0.5, 0.6) is 0 Å². The predicted molar refractivity (Wildman–Crippen MR) is 76.6 cm³/mol. The van der Waals surface area contributed by atoms with E-state index in [0.717, 1.165) is 42.6 Å². The number of hydrogen-bond acceptors (Lipinski definition) is 6. The molecule has 1 aromatic rings. The van der Waals surface area contributed by atoms with Gasteiger partial charge in [0.15, 0.2) is 0 Å². The fourth-order valence-corrected chi connectivity index (χ4v) is 4.75. The van der Waals surface area contributed by atoms with E-state index in [-0.39, 0.29) is 5.60 Å². The average molecular weight is 285 g/mol. The van der Waals surface area contributed by atoms with Gasteiger partial charge in [-0.25, -0.2) is 4.98 Å². The Morgan fingerprint density at radius 1 is 1.56 bits per heavy atom. The van der Waals surface area contributed by atoms with E-state index in [4.69, 9.17) is 4.74 Å². The standard InChI is InChI=1S/C12H19N3OS2/c1-2-10-14-11(18-15-10)13-9-3-5-16-12(7-9)4-6-17-8-12/h9H,2-8H2,1H3,(H,13,14,15). The molecule has 0 aromatic carbocycles. The highest BCUT2D eigenvalue weighted by Gasteiger charge is 2.40. The van der Waals surface area contributed by atoms with E-state index in [1.165, 1.54) is 23.7 Å². The zero-order valence-electron chi connectivity index (χ0n) is 10.6. The number of nitrogens with zero attached hydrogens (tertiary/aromatic N) is 2. The number of hydrogen-bond donors (Lipinski definition) is 1. The second-order valence-corrected chi connectivity index (χ2v) is 6.89. The van der Waals surface area contributed by atoms with Crippen molar-refractivity contribution < 1.29 is 4.74 Å². The number of aromatic nitrogens is 2. The lowest BCUT2D eigenvalue weighted by atomic mass is 9.90. The first-order chi connectivity index (χ1) is 8.80. The van der Waals surface area contributed by atoms with Gasteiger partial charge in [-0.2, -0.15) is 16.1 Å². The summed E-state index contributed by atoms with van der Waals surface area (Å²) in [7, 11) is 0. The molecule has 0 aliphatic carbocycles. The first-order valence-corrected chi connectivity index (χ1v) is 8.53. The number of nitrogens with one attached hydrogen (secondary N) is 1. The molecule has 2 atom stereocenters. The summed E-state index contributed by atoms with van der Waals surface area (Å²) in [6.45, 7) is 2.96. The lowest BCUT2D eigenvalue weighted by Gasteiger charge is -2.37. The molecule has 4 nitrogen and oxygen atoms in total. The Morgan fingerprint density at radius 2 is 2.50 bits per heavy atom. The molecular weight excluding hydrogens is 266 g/mol. The van der Waals surface area contributed by atoms with Gasteiger partial charge in [0.25, 0.3) is 0 Å². The van der Waals surface area contributed by atoms with E-state index in [0.29, 0.717) is 6.04 Å². The lowest BCUT2D eigenvalue weighted by Crippen LogP contribution is -2.44. The minimum atomic E-state index is 0.138. The molecule has 0 saturated carbocycles. The molecule has 6 heteroatoms. The summed E-state index contributed by atoms with van der Waals surface area (Å²) < 4.78 is 10.3. The molecule has 2 saturated heterocycles. The minimum absolute atomic E-state index is 0.138. The summed E-state index contributed by atoms with van der Waals surface area (Å²) in [6.07, 6.45) is 4.30. The molecule has 18 heavy (non-hydrogen) atoms. The van der Waals surface area contributed by atoms with Gasteiger partial charge in [0, 0.05) is 36.4 Å². The second-order valence-electron chi connectivity index (χ2n) is 5.04. The van der Waals surface area contributed by atoms with Crippen LogP contribution in [0.3, 0.4) is 0 Å². The van der Waals surface area contributed by atoms with E-state index in [1.807, 2.05) is 11.8 Å². The van der Waals surface area contributed by atoms with Crippen LogP contribution in [0.4, 0.5) is 5.13 Å². The van der Waals surface area contributed by atoms with E-state index in [2.05, 4.69) is 21.6 Å². The van der Waals surface area contributed by atoms with Crippen LogP contribution in [-0.4, -0.2) is 39.1 Å². The summed E-state index contributed by atoms with van der Waals surface area (Å²) >= 11 is 3.50. The van der Waals surface area contributed by atoms with Crippen molar-refractivity contribution in [3.05, 3.63) is 5.82 Å². The Kier molecular flexibility index (Phi) is 3.77. The molecule has 3 rings (SSSR count). The maximum absolute atomic E-state index is 6.03. The highest BCUT2D eigenvalue weighted by Crippen LogP contribution is 2.39. The van der Waals surface area contributed by atoms with Crippen molar-refractivity contribution in [1.29, 1.82) is 0 Å². The van der Waals surface area contributed by atoms with Crippen LogP contribution in [0.25, 0.3) is 0 Å². The molecule has 2 unspecified atom stereocenters. The molecular formula is C12H19N3OS2. The van der Waals surface area contributed by atoms with Gasteiger partial charge in [-0.1, -0.05) is 6.92 Å². The second kappa shape index (κ2) is 5.35. The zero-order chi connectivity index (χ0) is 12.4. The Hall–Kier alpha value is -0.330. The quantitative estimate of drug-likeness (QED) is 0.925. The molecule has 1 aromatic heterocycles. The number of rotatable bonds is 3. The lowest BCUT2D eigenvalue weighted by molar-refractivity contribution is -0.0628. The molecule has 2 aliphatic rings. The van der Waals surface area contributed by atoms with Crippen molar-refractivity contribution in [3.8, 4) is 0 Å². The number of thioether (sulfide) groups is 1. The Labute approximate surface area is 116 Å². The van der Waals surface area contributed by atoms with Crippen molar-refractivity contribution in [1.82, 2.24) is 9.36 Å². The highest BCUT2D eigenvalue weighted by atomic mass is 32.2. The van der Waals surface area contributed by atoms with Crippen LogP contribution in [0.2, 0.25) is 0 Å². The van der Waals surface area contributed by atoms with Gasteiger partial charge in [0.2, 0.25) is 5.13 Å². The topological polar surface area (TPSA) is 47.0 Å². The zero-order valence-corrected chi connectivity index (χ0v) is 12.3. The molecule has 1 N–H and O–H groups in total. The number of aryl methyl sites for hydroxylation is 1. The molecule has 0 amide bonds. The summed E-state index contributed by atoms with van der Waals surface area (Å²) in [5.41, 5.74) is 0.138. The Bertz CT molecular complexity index is 404. The Balaban J connectivity index is 1.62. The van der Waals surface area contributed by atoms with Gasteiger partial charge in [0.05, 0.1) is 5.60 Å². The minimum Gasteiger partial charge on any atom is -0.374 e. The smallest absolute Gasteiger partial charge is 0.202 e. The fourth-order valence-electron chi connectivity index (χ4n) is 2.65. The van der Waals surface area contributed by atoms with Crippen molar-refractivity contribution in [2.75, 3.05) is 23.4 Å². The summed E-state index contributed by atoms with van der Waals surface area (Å²) in [5, 5.41) is 4.51. The summed E-state index contributed by atoms with van der Waals surface area (Å²) in [5.74, 6) is 3.34. The summed E-state index contributed by atoms with van der Waals surface area (Å²) in [6, 6.07) is 0.495. The largest absolute Gasteiger partial charge is 0.374 e. The third kappa shape index (κ3) is 2.65. The highest BCUT2D eigenvalue weighted by molar-refractivity contribution is 7.99. The van der Waals surface area contributed by atoms with E-state index < -0.39 is 0 Å². The fraction of sp³-hybridized carbons (Fsp3) is 0.833. The van der Waals surface area contributed by atoms with Crippen molar-refractivity contribution >= 4 is 28.4 Å². The van der Waals surface area contributed by atoms with Gasteiger partial charge >= 0.3 is 0 Å². The maximum Gasteiger partial charge on any atom is 0.202 e. The molecule has 100 valence electrons. The van der Waals surface area contributed by atoms with Gasteiger partial charge in [-0.3, -0.25) is 0 Å². The van der Waals surface area contributed by atoms with Crippen LogP contribution in [0, 0.1) is 0 Å². The third-order valence-electron chi connectivity index (χ3n) is 3.67. The Morgan fingerprint density at radius 3 is 3.22 bits per heavy atom. The van der Waals surface area contributed by atoms with Crippen LogP contribution in [-0.2, 0) is 11.2 Å². The van der Waals surface area contributed by atoms with Crippen LogP contribution in [0.1, 0.15) is 32.0 Å². The van der Waals surface area contributed by atoms with Gasteiger partial charge in [-0.05, 0) is 25.0 Å². The maximum atomic E-state index is 6.03. The molecule has 2 aliphatic heterocycles. The van der Waals surface area contributed by atoms with Crippen molar-refractivity contribution in [2.45, 2.75) is 44.2 Å². The average Bonchev–Trinajstić information content (AvgIpc) is 2.99. The van der Waals surface area contributed by atoms with Crippen molar-refractivity contribution in [2.24, 2.45) is 0 Å². The van der Waals surface area contributed by atoms with E-state index in [9.17, 15) is 0 Å². The van der Waals surface area contributed by atoms with E-state index >= 15 is 0 Å². The SMILES string of the molecule is CCc1nsc(NC2CCOC3(CCSC3)C2)n1. The molecule has 0 radical (unpaired) electrons. The van der Waals surface area contributed by atoms with Crippen LogP contribution >= 0.6 is 23.3 Å². The number of anilines is 1. The van der Waals surface area contributed by atoms with Gasteiger partial charge in [0.1, 0.15) is 5.82 Å². The monoisotopic (exact) mass is 285 g/mol. The molecule has 3 heterocycles. The summed E-state index contributed by atoms with van der Waals surface area (Å²) in [4.78, 5) is 4.49. The molecule has 2 fully saturated rings. The number of ether oxygens (including phenoxy) is 1. The van der Waals surface area contributed by atoms with Gasteiger partial charge < -0.3 is 10.1 Å². The van der Waals surface area contributed by atoms with E-state index in [1.54, 1.807) is 0 Å². The normalized spacial score (nSPS) is 31.9. The van der Waals surface area contributed by atoms with Crippen molar-refractivity contribution in [3.63, 3.8) is 0 Å². The van der Waals surface area contributed by atoms with Gasteiger partial charge in [-0.15, -0.1) is 0 Å². The first-order valence-electron chi connectivity index (χ1n) is 6.60. The van der Waals surface area contributed by atoms with Crippen LogP contribution in [0.15, 0.2) is 0 Å². The first kappa shape index (κ1) is 12.7. The molecule has 0 bridgehead atoms. The predicted octanol–water partition coefficient (Wildman–Crippen LogP) is 2.57. The third-order valence-corrected chi connectivity index (χ3v) is 5.58.